The number of hydrogen-bond donors (Lipinski definition) is 2. The number of hydrogen-bond acceptors (Lipinski definition) is 8. The molecule has 0 saturated heterocycles. The number of carbonyl (C=O) groups excluding carboxylic acids is 2. The predicted octanol–water partition coefficient (Wildman–Crippen LogP) is 5.58. The third kappa shape index (κ3) is 6.06. The SMILES string of the molecule is CC(C)(C)OC(=O)N(C(=O)OC(C)(C)C)c1n[nH]c2nc(-c3ccc(N)cc3)nc(C(C)(C)C)c12. The van der Waals surface area contributed by atoms with Crippen molar-refractivity contribution in [1.29, 1.82) is 0 Å². The summed E-state index contributed by atoms with van der Waals surface area (Å²) in [5.41, 5.74) is 5.98. The maximum Gasteiger partial charge on any atom is 0.425 e. The summed E-state index contributed by atoms with van der Waals surface area (Å²) in [4.78, 5) is 36.6. The number of nitrogen functional groups attached to an aromatic ring is 1. The number of fused-ring (bicyclic) bond motifs is 1. The number of carbonyl (C=O) groups is 2. The second kappa shape index (κ2) is 8.83. The average molecular weight is 483 g/mol. The summed E-state index contributed by atoms with van der Waals surface area (Å²) >= 11 is 0. The molecule has 2 aromatic heterocycles. The van der Waals surface area contributed by atoms with E-state index in [1.165, 1.54) is 0 Å². The summed E-state index contributed by atoms with van der Waals surface area (Å²) in [6, 6.07) is 7.19. The third-order valence-electron chi connectivity index (χ3n) is 4.64. The van der Waals surface area contributed by atoms with Crippen LogP contribution in [0, 0.1) is 0 Å². The Kier molecular flexibility index (Phi) is 6.54. The van der Waals surface area contributed by atoms with Gasteiger partial charge < -0.3 is 15.2 Å². The minimum Gasteiger partial charge on any atom is -0.443 e. The Morgan fingerprint density at radius 3 is 1.83 bits per heavy atom. The van der Waals surface area contributed by atoms with Crippen LogP contribution in [0.5, 0.6) is 0 Å². The quantitative estimate of drug-likeness (QED) is 0.452. The smallest absolute Gasteiger partial charge is 0.425 e. The van der Waals surface area contributed by atoms with Crippen LogP contribution in [0.25, 0.3) is 22.4 Å². The van der Waals surface area contributed by atoms with Gasteiger partial charge in [-0.15, -0.1) is 0 Å². The van der Waals surface area contributed by atoms with Gasteiger partial charge in [-0.3, -0.25) is 5.10 Å². The van der Waals surface area contributed by atoms with Crippen molar-refractivity contribution in [3.63, 3.8) is 0 Å². The van der Waals surface area contributed by atoms with Crippen LogP contribution in [0.1, 0.15) is 68.0 Å². The number of nitrogens with zero attached hydrogens (tertiary/aromatic N) is 4. The van der Waals surface area contributed by atoms with Crippen molar-refractivity contribution in [3.05, 3.63) is 30.0 Å². The summed E-state index contributed by atoms with van der Waals surface area (Å²) in [5.74, 6) is 0.469. The van der Waals surface area contributed by atoms with E-state index in [1.54, 1.807) is 53.7 Å². The van der Waals surface area contributed by atoms with Crippen LogP contribution in [-0.4, -0.2) is 43.6 Å². The molecule has 0 saturated carbocycles. The summed E-state index contributed by atoms with van der Waals surface area (Å²) in [6.45, 7) is 16.2. The first-order valence-corrected chi connectivity index (χ1v) is 11.3. The number of aromatic amines is 1. The largest absolute Gasteiger partial charge is 0.443 e. The molecule has 10 nitrogen and oxygen atoms in total. The lowest BCUT2D eigenvalue weighted by atomic mass is 9.89. The third-order valence-corrected chi connectivity index (χ3v) is 4.64. The molecule has 0 fully saturated rings. The molecule has 3 aromatic rings. The number of aromatic nitrogens is 4. The van der Waals surface area contributed by atoms with Gasteiger partial charge in [0, 0.05) is 16.7 Å². The zero-order valence-electron chi connectivity index (χ0n) is 21.8. The van der Waals surface area contributed by atoms with Gasteiger partial charge in [-0.25, -0.2) is 19.6 Å². The van der Waals surface area contributed by atoms with Crippen LogP contribution < -0.4 is 10.6 Å². The molecule has 0 aliphatic rings. The van der Waals surface area contributed by atoms with Crippen LogP contribution >= 0.6 is 0 Å². The van der Waals surface area contributed by atoms with E-state index < -0.39 is 28.8 Å². The normalized spacial score (nSPS) is 12.5. The van der Waals surface area contributed by atoms with Gasteiger partial charge in [-0.1, -0.05) is 20.8 Å². The lowest BCUT2D eigenvalue weighted by Gasteiger charge is -2.28. The maximum atomic E-state index is 13.2. The van der Waals surface area contributed by atoms with E-state index in [0.717, 1.165) is 10.5 Å². The standard InChI is InChI=1S/C25H34N6O4/c1-23(2,3)17-16-19(28-18(27-17)14-10-12-15(26)13-11-14)29-30-20(16)31(21(32)34-24(4,5)6)22(33)35-25(7,8)9/h10-13H,26H2,1-9H3,(H,27,28,29,30). The van der Waals surface area contributed by atoms with E-state index >= 15 is 0 Å². The minimum atomic E-state index is -0.914. The molecule has 3 N–H and O–H groups in total. The van der Waals surface area contributed by atoms with Gasteiger partial charge in [0.25, 0.3) is 0 Å². The summed E-state index contributed by atoms with van der Waals surface area (Å²) in [7, 11) is 0. The van der Waals surface area contributed by atoms with E-state index in [2.05, 4.69) is 15.2 Å². The lowest BCUT2D eigenvalue weighted by molar-refractivity contribution is 0.0429. The van der Waals surface area contributed by atoms with Crippen molar-refractivity contribution in [2.45, 2.75) is 78.9 Å². The summed E-state index contributed by atoms with van der Waals surface area (Å²) < 4.78 is 11.0. The number of anilines is 2. The molecular formula is C25H34N6O4. The molecule has 1 aromatic carbocycles. The first kappa shape index (κ1) is 25.9. The van der Waals surface area contributed by atoms with Crippen LogP contribution in [0.15, 0.2) is 24.3 Å². The zero-order chi connectivity index (χ0) is 26.3. The Hall–Kier alpha value is -3.69. The van der Waals surface area contributed by atoms with Gasteiger partial charge in [0.15, 0.2) is 17.3 Å². The second-order valence-corrected chi connectivity index (χ2v) is 11.3. The number of rotatable bonds is 2. The molecule has 2 heterocycles. The number of amides is 2. The molecule has 35 heavy (non-hydrogen) atoms. The fraction of sp³-hybridized carbons (Fsp3) is 0.480. The van der Waals surface area contributed by atoms with Gasteiger partial charge in [0.2, 0.25) is 0 Å². The first-order valence-electron chi connectivity index (χ1n) is 11.3. The van der Waals surface area contributed by atoms with Crippen LogP contribution in [-0.2, 0) is 14.9 Å². The fourth-order valence-electron chi connectivity index (χ4n) is 3.24. The highest BCUT2D eigenvalue weighted by Gasteiger charge is 2.37. The average Bonchev–Trinajstić information content (AvgIpc) is 3.08. The number of nitrogens with two attached hydrogens (primary N) is 1. The van der Waals surface area contributed by atoms with E-state index in [0.29, 0.717) is 28.2 Å². The van der Waals surface area contributed by atoms with Gasteiger partial charge in [-0.2, -0.15) is 10.00 Å². The van der Waals surface area contributed by atoms with Gasteiger partial charge >= 0.3 is 12.2 Å². The molecule has 10 heteroatoms. The van der Waals surface area contributed by atoms with Crippen molar-refractivity contribution in [2.75, 3.05) is 10.6 Å². The van der Waals surface area contributed by atoms with E-state index in [1.807, 2.05) is 32.9 Å². The highest BCUT2D eigenvalue weighted by atomic mass is 16.6. The molecule has 0 radical (unpaired) electrons. The first-order chi connectivity index (χ1) is 16.0. The van der Waals surface area contributed by atoms with Crippen LogP contribution in [0.3, 0.4) is 0 Å². The molecule has 0 atom stereocenters. The number of nitrogens with one attached hydrogen (secondary N) is 1. The van der Waals surface area contributed by atoms with Gasteiger partial charge in [-0.05, 0) is 65.8 Å². The number of ether oxygens (including phenoxy) is 2. The fourth-order valence-corrected chi connectivity index (χ4v) is 3.24. The van der Waals surface area contributed by atoms with E-state index in [4.69, 9.17) is 20.2 Å². The van der Waals surface area contributed by atoms with Crippen molar-refractivity contribution in [2.24, 2.45) is 0 Å². The molecule has 0 bridgehead atoms. The van der Waals surface area contributed by atoms with Crippen LogP contribution in [0.2, 0.25) is 0 Å². The molecule has 3 rings (SSSR count). The number of imide groups is 1. The summed E-state index contributed by atoms with van der Waals surface area (Å²) in [5, 5.41) is 7.58. The molecule has 0 spiro atoms. The van der Waals surface area contributed by atoms with Crippen molar-refractivity contribution >= 4 is 34.7 Å². The van der Waals surface area contributed by atoms with Crippen molar-refractivity contribution in [3.8, 4) is 11.4 Å². The minimum absolute atomic E-state index is 0.0114. The highest BCUT2D eigenvalue weighted by Crippen LogP contribution is 2.36. The highest BCUT2D eigenvalue weighted by molar-refractivity contribution is 6.13. The molecule has 0 unspecified atom stereocenters. The van der Waals surface area contributed by atoms with Gasteiger partial charge in [0.1, 0.15) is 11.2 Å². The molecule has 0 aliphatic carbocycles. The molecular weight excluding hydrogens is 448 g/mol. The monoisotopic (exact) mass is 482 g/mol. The van der Waals surface area contributed by atoms with Crippen molar-refractivity contribution < 1.29 is 19.1 Å². The Bertz CT molecular complexity index is 1220. The van der Waals surface area contributed by atoms with Crippen molar-refractivity contribution in [1.82, 2.24) is 20.2 Å². The second-order valence-electron chi connectivity index (χ2n) is 11.3. The Morgan fingerprint density at radius 1 is 0.857 bits per heavy atom. The van der Waals surface area contributed by atoms with E-state index in [-0.39, 0.29) is 5.82 Å². The topological polar surface area (TPSA) is 136 Å². The van der Waals surface area contributed by atoms with E-state index in [9.17, 15) is 9.59 Å². The van der Waals surface area contributed by atoms with Crippen LogP contribution in [0.4, 0.5) is 21.1 Å². The Morgan fingerprint density at radius 2 is 1.37 bits per heavy atom. The Balaban J connectivity index is 2.25. The number of H-pyrrole nitrogens is 1. The lowest BCUT2D eigenvalue weighted by Crippen LogP contribution is -2.44. The van der Waals surface area contributed by atoms with Gasteiger partial charge in [0.05, 0.1) is 11.1 Å². The summed E-state index contributed by atoms with van der Waals surface area (Å²) in [6.07, 6.45) is -1.83. The Labute approximate surface area is 205 Å². The molecule has 2 amide bonds. The molecule has 0 aliphatic heterocycles. The predicted molar refractivity (Wildman–Crippen MR) is 135 cm³/mol. The zero-order valence-corrected chi connectivity index (χ0v) is 21.8. The maximum absolute atomic E-state index is 13.2. The number of benzene rings is 1. The molecule has 188 valence electrons.